The minimum absolute atomic E-state index is 0.138. The maximum absolute atomic E-state index is 9.33. The largest absolute Gasteiger partial charge is 0.396 e. The fourth-order valence-corrected chi connectivity index (χ4v) is 3.22. The van der Waals surface area contributed by atoms with Crippen LogP contribution in [0.15, 0.2) is 0 Å². The predicted molar refractivity (Wildman–Crippen MR) is 61.1 cm³/mol. The number of piperidine rings is 1. The highest BCUT2D eigenvalue weighted by Gasteiger charge is 2.67. The summed E-state index contributed by atoms with van der Waals surface area (Å²) in [6.07, 6.45) is 1.06. The minimum Gasteiger partial charge on any atom is -0.396 e. The van der Waals surface area contributed by atoms with Gasteiger partial charge in [-0.2, -0.15) is 0 Å². The van der Waals surface area contributed by atoms with Gasteiger partial charge in [-0.25, -0.2) is 0 Å². The molecule has 2 N–H and O–H groups in total. The number of aliphatic hydroxyl groups excluding tert-OH is 2. The van der Waals surface area contributed by atoms with Gasteiger partial charge in [-0.15, -0.1) is 0 Å². The Balaban J connectivity index is 1.81. The van der Waals surface area contributed by atoms with Gasteiger partial charge in [-0.3, -0.25) is 4.90 Å². The Morgan fingerprint density at radius 3 is 2.31 bits per heavy atom. The molecule has 0 amide bonds. The molecule has 0 aromatic rings. The quantitative estimate of drug-likeness (QED) is 0.670. The van der Waals surface area contributed by atoms with E-state index in [4.69, 9.17) is 4.74 Å². The van der Waals surface area contributed by atoms with Crippen LogP contribution in [0.3, 0.4) is 0 Å². The maximum Gasteiger partial charge on any atom is 0.0515 e. The van der Waals surface area contributed by atoms with Crippen molar-refractivity contribution in [3.05, 3.63) is 0 Å². The first kappa shape index (κ1) is 12.3. The Morgan fingerprint density at radius 1 is 1.31 bits per heavy atom. The molecule has 0 radical (unpaired) electrons. The van der Waals surface area contributed by atoms with Crippen LogP contribution >= 0.6 is 0 Å². The third-order valence-electron chi connectivity index (χ3n) is 4.67. The number of likely N-dealkylation sites (tertiary alicyclic amines) is 1. The van der Waals surface area contributed by atoms with E-state index < -0.39 is 0 Å². The van der Waals surface area contributed by atoms with Crippen LogP contribution in [-0.2, 0) is 4.74 Å². The van der Waals surface area contributed by atoms with Gasteiger partial charge in [0.1, 0.15) is 0 Å². The van der Waals surface area contributed by atoms with Crippen molar-refractivity contribution in [2.75, 3.05) is 40.0 Å². The Labute approximate surface area is 97.2 Å². The van der Waals surface area contributed by atoms with Crippen LogP contribution in [0.25, 0.3) is 0 Å². The standard InChI is InChI=1S/C12H23NO3/c1-9(3-4-16-2)13-5-10-11(6-13)12(10,7-14)8-15/h9-11,14-15H,3-8H2,1-2H3. The van der Waals surface area contributed by atoms with Gasteiger partial charge in [0.2, 0.25) is 0 Å². The number of hydrogen-bond acceptors (Lipinski definition) is 4. The molecule has 3 atom stereocenters. The van der Waals surface area contributed by atoms with E-state index in [2.05, 4.69) is 11.8 Å². The number of methoxy groups -OCH3 is 1. The van der Waals surface area contributed by atoms with Crippen LogP contribution < -0.4 is 0 Å². The summed E-state index contributed by atoms with van der Waals surface area (Å²) in [5, 5.41) is 18.7. The van der Waals surface area contributed by atoms with Gasteiger partial charge in [0.25, 0.3) is 0 Å². The second-order valence-corrected chi connectivity index (χ2v) is 5.35. The van der Waals surface area contributed by atoms with Gasteiger partial charge in [-0.05, 0) is 25.2 Å². The second kappa shape index (κ2) is 4.61. The number of rotatable bonds is 6. The molecule has 2 fully saturated rings. The molecule has 94 valence electrons. The minimum atomic E-state index is -0.155. The van der Waals surface area contributed by atoms with Gasteiger partial charge >= 0.3 is 0 Å². The predicted octanol–water partition coefficient (Wildman–Crippen LogP) is -0.0560. The summed E-state index contributed by atoms with van der Waals surface area (Å²) in [5.74, 6) is 1.01. The molecule has 0 aromatic heterocycles. The zero-order chi connectivity index (χ0) is 11.8. The Hall–Kier alpha value is -0.160. The van der Waals surface area contributed by atoms with Gasteiger partial charge < -0.3 is 14.9 Å². The molecule has 4 nitrogen and oxygen atoms in total. The molecule has 2 aliphatic rings. The number of fused-ring (bicyclic) bond motifs is 1. The zero-order valence-electron chi connectivity index (χ0n) is 10.2. The molecule has 1 saturated carbocycles. The van der Waals surface area contributed by atoms with Crippen molar-refractivity contribution >= 4 is 0 Å². The number of hydrogen-bond donors (Lipinski definition) is 2. The molecule has 16 heavy (non-hydrogen) atoms. The summed E-state index contributed by atoms with van der Waals surface area (Å²) >= 11 is 0. The monoisotopic (exact) mass is 229 g/mol. The van der Waals surface area contributed by atoms with Crippen molar-refractivity contribution < 1.29 is 14.9 Å². The van der Waals surface area contributed by atoms with Crippen molar-refractivity contribution in [2.45, 2.75) is 19.4 Å². The molecule has 1 aliphatic heterocycles. The van der Waals surface area contributed by atoms with E-state index in [1.807, 2.05) is 0 Å². The van der Waals surface area contributed by atoms with Gasteiger partial charge in [0.05, 0.1) is 13.2 Å². The van der Waals surface area contributed by atoms with Crippen molar-refractivity contribution in [3.63, 3.8) is 0 Å². The summed E-state index contributed by atoms with van der Waals surface area (Å²) in [5.41, 5.74) is -0.155. The van der Waals surface area contributed by atoms with E-state index in [0.29, 0.717) is 17.9 Å². The summed E-state index contributed by atoms with van der Waals surface area (Å²) in [7, 11) is 1.73. The topological polar surface area (TPSA) is 52.9 Å². The maximum atomic E-state index is 9.33. The van der Waals surface area contributed by atoms with Crippen LogP contribution in [0.1, 0.15) is 13.3 Å². The molecule has 0 bridgehead atoms. The van der Waals surface area contributed by atoms with Gasteiger partial charge in [0.15, 0.2) is 0 Å². The van der Waals surface area contributed by atoms with Gasteiger partial charge in [0, 0.05) is 38.3 Å². The lowest BCUT2D eigenvalue weighted by Crippen LogP contribution is -2.38. The number of aliphatic hydroxyl groups is 2. The smallest absolute Gasteiger partial charge is 0.0515 e. The first-order chi connectivity index (χ1) is 7.69. The summed E-state index contributed by atoms with van der Waals surface area (Å²) < 4.78 is 5.09. The van der Waals surface area contributed by atoms with Crippen molar-refractivity contribution in [1.82, 2.24) is 4.90 Å². The average Bonchev–Trinajstić information content (AvgIpc) is 2.69. The highest BCUT2D eigenvalue weighted by atomic mass is 16.5. The van der Waals surface area contributed by atoms with E-state index in [-0.39, 0.29) is 18.6 Å². The SMILES string of the molecule is COCCC(C)N1CC2C(C1)C2(CO)CO. The van der Waals surface area contributed by atoms with E-state index in [1.165, 1.54) is 0 Å². The van der Waals surface area contributed by atoms with E-state index in [1.54, 1.807) is 7.11 Å². The fraction of sp³-hybridized carbons (Fsp3) is 1.00. The van der Waals surface area contributed by atoms with Crippen molar-refractivity contribution in [1.29, 1.82) is 0 Å². The molecule has 0 aromatic carbocycles. The molecular weight excluding hydrogens is 206 g/mol. The molecule has 1 heterocycles. The van der Waals surface area contributed by atoms with E-state index in [9.17, 15) is 10.2 Å². The molecule has 3 unspecified atom stereocenters. The lowest BCUT2D eigenvalue weighted by atomic mass is 10.0. The Bertz CT molecular complexity index is 228. The molecule has 0 spiro atoms. The average molecular weight is 229 g/mol. The van der Waals surface area contributed by atoms with Crippen LogP contribution in [-0.4, -0.2) is 61.2 Å². The zero-order valence-corrected chi connectivity index (χ0v) is 10.2. The molecule has 4 heteroatoms. The number of nitrogens with zero attached hydrogens (tertiary/aromatic N) is 1. The summed E-state index contributed by atoms with van der Waals surface area (Å²) in [6, 6.07) is 0.544. The Morgan fingerprint density at radius 2 is 1.88 bits per heavy atom. The molecule has 1 saturated heterocycles. The highest BCUT2D eigenvalue weighted by molar-refractivity contribution is 5.16. The second-order valence-electron chi connectivity index (χ2n) is 5.35. The summed E-state index contributed by atoms with van der Waals surface area (Å²) in [4.78, 5) is 2.46. The van der Waals surface area contributed by atoms with Crippen LogP contribution in [0.2, 0.25) is 0 Å². The molecular formula is C12H23NO3. The third-order valence-corrected chi connectivity index (χ3v) is 4.67. The first-order valence-corrected chi connectivity index (χ1v) is 6.14. The fourth-order valence-electron chi connectivity index (χ4n) is 3.22. The lowest BCUT2D eigenvalue weighted by molar-refractivity contribution is 0.0736. The molecule has 1 aliphatic carbocycles. The number of ether oxygens (including phenoxy) is 1. The van der Waals surface area contributed by atoms with Crippen molar-refractivity contribution in [2.24, 2.45) is 17.3 Å². The lowest BCUT2D eigenvalue weighted by Gasteiger charge is -2.29. The normalized spacial score (nSPS) is 33.8. The van der Waals surface area contributed by atoms with Crippen molar-refractivity contribution in [3.8, 4) is 0 Å². The first-order valence-electron chi connectivity index (χ1n) is 6.14. The van der Waals surface area contributed by atoms with E-state index in [0.717, 1.165) is 26.1 Å². The van der Waals surface area contributed by atoms with Gasteiger partial charge in [-0.1, -0.05) is 0 Å². The third kappa shape index (κ3) is 1.78. The van der Waals surface area contributed by atoms with Crippen LogP contribution in [0, 0.1) is 17.3 Å². The highest BCUT2D eigenvalue weighted by Crippen LogP contribution is 2.62. The Kier molecular flexibility index (Phi) is 3.54. The van der Waals surface area contributed by atoms with Crippen LogP contribution in [0.5, 0.6) is 0 Å². The van der Waals surface area contributed by atoms with E-state index >= 15 is 0 Å². The summed E-state index contributed by atoms with van der Waals surface area (Å²) in [6.45, 7) is 5.35. The molecule has 2 rings (SSSR count). The van der Waals surface area contributed by atoms with Crippen LogP contribution in [0.4, 0.5) is 0 Å².